The first-order valence-electron chi connectivity index (χ1n) is 11.8. The standard InChI is InChI=1S/C27H31FN4O4/c1-15(2)11-21(32-10-9-16(3)12-22(32)33)27(36)30-20(13-23(34)35)25-19(28)14-29-26(31-25)24-17(4)7-6-8-18(24)5/h6-10,12,14-15,20-21H,11,13H2,1-5H3,(H,30,36)(H,34,35)/t20-,21-/m1/s1. The van der Waals surface area contributed by atoms with Gasteiger partial charge in [0.2, 0.25) is 5.91 Å². The van der Waals surface area contributed by atoms with Gasteiger partial charge in [0.05, 0.1) is 18.7 Å². The molecule has 8 nitrogen and oxygen atoms in total. The van der Waals surface area contributed by atoms with E-state index in [1.54, 1.807) is 19.2 Å². The summed E-state index contributed by atoms with van der Waals surface area (Å²) in [5.74, 6) is -2.37. The quantitative estimate of drug-likeness (QED) is 0.459. The van der Waals surface area contributed by atoms with Crippen LogP contribution in [0.5, 0.6) is 0 Å². The van der Waals surface area contributed by atoms with Crippen molar-refractivity contribution in [3.8, 4) is 11.4 Å². The van der Waals surface area contributed by atoms with E-state index < -0.39 is 36.2 Å². The van der Waals surface area contributed by atoms with E-state index >= 15 is 0 Å². The minimum absolute atomic E-state index is 0.0540. The van der Waals surface area contributed by atoms with E-state index in [0.29, 0.717) is 12.0 Å². The fraction of sp³-hybridized carbons (Fsp3) is 0.370. The molecule has 1 amide bonds. The van der Waals surface area contributed by atoms with Crippen LogP contribution in [0.25, 0.3) is 11.4 Å². The van der Waals surface area contributed by atoms with Crippen molar-refractivity contribution >= 4 is 11.9 Å². The van der Waals surface area contributed by atoms with Crippen molar-refractivity contribution in [1.29, 1.82) is 0 Å². The van der Waals surface area contributed by atoms with Gasteiger partial charge in [-0.05, 0) is 55.9 Å². The summed E-state index contributed by atoms with van der Waals surface area (Å²) in [4.78, 5) is 46.2. The van der Waals surface area contributed by atoms with E-state index in [1.165, 1.54) is 10.6 Å². The number of carbonyl (C=O) groups excluding carboxylic acids is 1. The number of carboxylic acids is 1. The molecule has 0 saturated heterocycles. The summed E-state index contributed by atoms with van der Waals surface area (Å²) < 4.78 is 16.3. The van der Waals surface area contributed by atoms with Crippen LogP contribution >= 0.6 is 0 Å². The molecule has 0 saturated carbocycles. The number of benzene rings is 1. The van der Waals surface area contributed by atoms with Crippen molar-refractivity contribution in [2.45, 2.75) is 59.5 Å². The SMILES string of the molecule is Cc1ccn([C@H](CC(C)C)C(=O)N[C@H](CC(=O)O)c2nc(-c3c(C)cccc3C)ncc2F)c(=O)c1. The van der Waals surface area contributed by atoms with Crippen LogP contribution in [0.4, 0.5) is 4.39 Å². The predicted octanol–water partition coefficient (Wildman–Crippen LogP) is 4.29. The highest BCUT2D eigenvalue weighted by molar-refractivity contribution is 5.81. The number of aliphatic carboxylic acids is 1. The van der Waals surface area contributed by atoms with Crippen LogP contribution in [0, 0.1) is 32.5 Å². The number of nitrogens with zero attached hydrogens (tertiary/aromatic N) is 3. The monoisotopic (exact) mass is 494 g/mol. The molecule has 2 aromatic heterocycles. The van der Waals surface area contributed by atoms with Crippen molar-refractivity contribution in [3.05, 3.63) is 81.3 Å². The summed E-state index contributed by atoms with van der Waals surface area (Å²) in [6.45, 7) is 9.35. The Morgan fingerprint density at radius 3 is 2.39 bits per heavy atom. The Morgan fingerprint density at radius 2 is 1.81 bits per heavy atom. The lowest BCUT2D eigenvalue weighted by molar-refractivity contribution is -0.138. The number of carboxylic acid groups (broad SMARTS) is 1. The van der Waals surface area contributed by atoms with E-state index in [-0.39, 0.29) is 23.0 Å². The number of aryl methyl sites for hydroxylation is 3. The topological polar surface area (TPSA) is 114 Å². The van der Waals surface area contributed by atoms with Crippen molar-refractivity contribution in [2.75, 3.05) is 0 Å². The second-order valence-corrected chi connectivity index (χ2v) is 9.45. The van der Waals surface area contributed by atoms with Gasteiger partial charge in [0.1, 0.15) is 11.7 Å². The Bertz CT molecular complexity index is 1320. The van der Waals surface area contributed by atoms with Crippen LogP contribution in [0.1, 0.15) is 61.2 Å². The van der Waals surface area contributed by atoms with Crippen LogP contribution in [0.15, 0.2) is 47.5 Å². The maximum Gasteiger partial charge on any atom is 0.305 e. The van der Waals surface area contributed by atoms with Gasteiger partial charge in [0.25, 0.3) is 5.56 Å². The third kappa shape index (κ3) is 6.21. The van der Waals surface area contributed by atoms with Gasteiger partial charge >= 0.3 is 5.97 Å². The number of rotatable bonds is 9. The maximum absolute atomic E-state index is 15.0. The molecule has 0 aliphatic carbocycles. The largest absolute Gasteiger partial charge is 0.481 e. The lowest BCUT2D eigenvalue weighted by Crippen LogP contribution is -2.40. The number of amides is 1. The molecule has 3 rings (SSSR count). The number of pyridine rings is 1. The van der Waals surface area contributed by atoms with E-state index in [9.17, 15) is 23.9 Å². The predicted molar refractivity (Wildman–Crippen MR) is 134 cm³/mol. The van der Waals surface area contributed by atoms with E-state index in [4.69, 9.17) is 0 Å². The van der Waals surface area contributed by atoms with Crippen LogP contribution in [-0.4, -0.2) is 31.5 Å². The molecular formula is C27H31FN4O4. The van der Waals surface area contributed by atoms with Gasteiger partial charge in [-0.2, -0.15) is 0 Å². The fourth-order valence-electron chi connectivity index (χ4n) is 4.21. The van der Waals surface area contributed by atoms with Crippen molar-refractivity contribution in [1.82, 2.24) is 19.9 Å². The summed E-state index contributed by atoms with van der Waals surface area (Å²) >= 11 is 0. The first kappa shape index (κ1) is 26.7. The zero-order chi connectivity index (χ0) is 26.6. The molecule has 0 spiro atoms. The summed E-state index contributed by atoms with van der Waals surface area (Å²) in [6.07, 6.45) is 2.26. The summed E-state index contributed by atoms with van der Waals surface area (Å²) in [7, 11) is 0. The van der Waals surface area contributed by atoms with E-state index in [2.05, 4.69) is 15.3 Å². The molecule has 190 valence electrons. The minimum Gasteiger partial charge on any atom is -0.481 e. The molecular weight excluding hydrogens is 463 g/mol. The number of hydrogen-bond acceptors (Lipinski definition) is 5. The number of halogens is 1. The zero-order valence-electron chi connectivity index (χ0n) is 21.1. The van der Waals surface area contributed by atoms with Crippen molar-refractivity contribution in [3.63, 3.8) is 0 Å². The molecule has 0 unspecified atom stereocenters. The summed E-state index contributed by atoms with van der Waals surface area (Å²) in [6, 6.07) is 6.61. The molecule has 0 aliphatic heterocycles. The molecule has 0 fully saturated rings. The number of carbonyl (C=O) groups is 2. The van der Waals surface area contributed by atoms with Gasteiger partial charge in [-0.1, -0.05) is 32.0 Å². The highest BCUT2D eigenvalue weighted by Crippen LogP contribution is 2.27. The number of nitrogens with one attached hydrogen (secondary N) is 1. The van der Waals surface area contributed by atoms with Gasteiger partial charge in [0.15, 0.2) is 11.6 Å². The molecule has 9 heteroatoms. The maximum atomic E-state index is 15.0. The average Bonchev–Trinajstić information content (AvgIpc) is 2.78. The van der Waals surface area contributed by atoms with Gasteiger partial charge in [0, 0.05) is 17.8 Å². The molecule has 2 atom stereocenters. The third-order valence-electron chi connectivity index (χ3n) is 5.94. The van der Waals surface area contributed by atoms with Crippen LogP contribution < -0.4 is 10.9 Å². The number of hydrogen-bond donors (Lipinski definition) is 2. The Kier molecular flexibility index (Phi) is 8.34. The lowest BCUT2D eigenvalue weighted by Gasteiger charge is -2.25. The molecule has 0 aliphatic rings. The fourth-order valence-corrected chi connectivity index (χ4v) is 4.21. The lowest BCUT2D eigenvalue weighted by atomic mass is 10.0. The second kappa shape index (κ2) is 11.2. The van der Waals surface area contributed by atoms with Crippen LogP contribution in [0.2, 0.25) is 0 Å². The zero-order valence-corrected chi connectivity index (χ0v) is 21.1. The highest BCUT2D eigenvalue weighted by atomic mass is 19.1. The van der Waals surface area contributed by atoms with Gasteiger partial charge in [-0.15, -0.1) is 0 Å². The van der Waals surface area contributed by atoms with Crippen LogP contribution in [0.3, 0.4) is 0 Å². The van der Waals surface area contributed by atoms with Gasteiger partial charge < -0.3 is 15.0 Å². The van der Waals surface area contributed by atoms with E-state index in [1.807, 2.05) is 45.9 Å². The Labute approximate surface area is 209 Å². The van der Waals surface area contributed by atoms with Crippen LogP contribution in [-0.2, 0) is 9.59 Å². The average molecular weight is 495 g/mol. The number of aromatic nitrogens is 3. The van der Waals surface area contributed by atoms with Crippen molar-refractivity contribution in [2.24, 2.45) is 5.92 Å². The molecule has 2 N–H and O–H groups in total. The summed E-state index contributed by atoms with van der Waals surface area (Å²) in [5, 5.41) is 12.2. The van der Waals surface area contributed by atoms with E-state index in [0.717, 1.165) is 22.9 Å². The second-order valence-electron chi connectivity index (χ2n) is 9.45. The molecule has 0 bridgehead atoms. The Balaban J connectivity index is 2.04. The highest BCUT2D eigenvalue weighted by Gasteiger charge is 2.29. The third-order valence-corrected chi connectivity index (χ3v) is 5.94. The Morgan fingerprint density at radius 1 is 1.14 bits per heavy atom. The first-order valence-corrected chi connectivity index (χ1v) is 11.8. The molecule has 0 radical (unpaired) electrons. The Hall–Kier alpha value is -3.88. The minimum atomic E-state index is -1.27. The molecule has 2 heterocycles. The van der Waals surface area contributed by atoms with Gasteiger partial charge in [-0.3, -0.25) is 14.4 Å². The normalized spacial score (nSPS) is 12.9. The molecule has 3 aromatic rings. The molecule has 1 aromatic carbocycles. The molecule has 36 heavy (non-hydrogen) atoms. The summed E-state index contributed by atoms with van der Waals surface area (Å²) in [5.41, 5.74) is 2.65. The first-order chi connectivity index (χ1) is 17.0. The van der Waals surface area contributed by atoms with Gasteiger partial charge in [-0.25, -0.2) is 14.4 Å². The van der Waals surface area contributed by atoms with Crippen molar-refractivity contribution < 1.29 is 19.1 Å². The smallest absolute Gasteiger partial charge is 0.305 e.